The van der Waals surface area contributed by atoms with Gasteiger partial charge < -0.3 is 12.9 Å². The molecule has 66 valence electrons. The van der Waals surface area contributed by atoms with Crippen LogP contribution < -0.4 is 0 Å². The normalized spacial score (nSPS) is 11.6. The fourth-order valence-corrected chi connectivity index (χ4v) is 1.33. The summed E-state index contributed by atoms with van der Waals surface area (Å²) in [5, 5.41) is 0. The molecule has 5 heteroatoms. The lowest BCUT2D eigenvalue weighted by molar-refractivity contribution is 0.491. The van der Waals surface area contributed by atoms with E-state index in [-0.39, 0.29) is 5.75 Å². The molecule has 0 aliphatic rings. The van der Waals surface area contributed by atoms with Crippen molar-refractivity contribution in [3.8, 4) is 0 Å². The van der Waals surface area contributed by atoms with Gasteiger partial charge in [-0.1, -0.05) is 6.92 Å². The van der Waals surface area contributed by atoms with Gasteiger partial charge in [0.2, 0.25) is 0 Å². The second-order valence-corrected chi connectivity index (χ2v) is 3.39. The smallest absolute Gasteiger partial charge is 0.445 e. The lowest BCUT2D eigenvalue weighted by Crippen LogP contribution is -2.20. The molecule has 0 amide bonds. The van der Waals surface area contributed by atoms with Gasteiger partial charge in [0.05, 0.1) is 0 Å². The Bertz CT molecular complexity index is 132. The summed E-state index contributed by atoms with van der Waals surface area (Å²) in [5.41, 5.74) is -0.580. The molecule has 0 aromatic rings. The minimum absolute atomic E-state index is 0.0251. The number of thioether (sulfide) groups is 1. The molecule has 0 spiro atoms. The van der Waals surface area contributed by atoms with Crippen LogP contribution in [0.2, 0.25) is 0 Å². The maximum Gasteiger partial charge on any atom is 0.505 e. The molecule has 0 saturated carbocycles. The highest BCUT2D eigenvalue weighted by Crippen LogP contribution is 2.21. The van der Waals surface area contributed by atoms with Crippen molar-refractivity contribution in [3.05, 3.63) is 12.1 Å². The van der Waals surface area contributed by atoms with E-state index in [0.717, 1.165) is 12.2 Å². The van der Waals surface area contributed by atoms with Gasteiger partial charge in [0.15, 0.2) is 0 Å². The fourth-order valence-electron chi connectivity index (χ4n) is 0.442. The number of rotatable bonds is 5. The lowest BCUT2D eigenvalue weighted by Gasteiger charge is -2.16. The minimum atomic E-state index is -4.80. The maximum atomic E-state index is 11.8. The van der Waals surface area contributed by atoms with Crippen LogP contribution in [0.4, 0.5) is 12.9 Å². The summed E-state index contributed by atoms with van der Waals surface area (Å²) in [6.45, 7) is 0.118. The fraction of sp³-hybridized carbons (Fsp3) is 0.667. The van der Waals surface area contributed by atoms with E-state index in [0.29, 0.717) is 0 Å². The van der Waals surface area contributed by atoms with Gasteiger partial charge in [-0.05, 0) is 17.9 Å². The highest BCUT2D eigenvalue weighted by Gasteiger charge is 2.25. The van der Waals surface area contributed by atoms with Crippen LogP contribution in [-0.4, -0.2) is 18.5 Å². The van der Waals surface area contributed by atoms with Crippen LogP contribution >= 0.6 is 11.8 Å². The van der Waals surface area contributed by atoms with E-state index in [2.05, 4.69) is 6.58 Å². The van der Waals surface area contributed by atoms with E-state index in [9.17, 15) is 12.9 Å². The molecule has 0 aliphatic heterocycles. The van der Waals surface area contributed by atoms with E-state index in [1.54, 1.807) is 0 Å². The molecule has 0 fully saturated rings. The number of halogens is 3. The minimum Gasteiger partial charge on any atom is -0.445 e. The van der Waals surface area contributed by atoms with Gasteiger partial charge in [0.25, 0.3) is 0 Å². The van der Waals surface area contributed by atoms with Gasteiger partial charge in [-0.2, -0.15) is 11.8 Å². The summed E-state index contributed by atoms with van der Waals surface area (Å²) < 4.78 is 35.5. The highest BCUT2D eigenvalue weighted by molar-refractivity contribution is 7.99. The Morgan fingerprint density at radius 1 is 1.45 bits per heavy atom. The first-order chi connectivity index (χ1) is 4.98. The first-order valence-corrected chi connectivity index (χ1v) is 4.59. The summed E-state index contributed by atoms with van der Waals surface area (Å²) in [4.78, 5) is 0. The van der Waals surface area contributed by atoms with Crippen LogP contribution in [0.15, 0.2) is 12.1 Å². The van der Waals surface area contributed by atoms with Crippen molar-refractivity contribution in [2.24, 2.45) is 0 Å². The van der Waals surface area contributed by atoms with Crippen molar-refractivity contribution in [2.45, 2.75) is 13.3 Å². The molecule has 0 nitrogen and oxygen atoms in total. The Morgan fingerprint density at radius 3 is 2.36 bits per heavy atom. The molecule has 0 radical (unpaired) electrons. The van der Waals surface area contributed by atoms with Crippen molar-refractivity contribution in [2.75, 3.05) is 11.5 Å². The van der Waals surface area contributed by atoms with Gasteiger partial charge in [0, 0.05) is 0 Å². The van der Waals surface area contributed by atoms with Crippen molar-refractivity contribution >= 4 is 18.7 Å². The molecule has 0 saturated heterocycles. The highest BCUT2D eigenvalue weighted by atomic mass is 32.2. The van der Waals surface area contributed by atoms with Crippen LogP contribution in [0.1, 0.15) is 13.3 Å². The van der Waals surface area contributed by atoms with Gasteiger partial charge >= 0.3 is 6.98 Å². The molecular formula is C6H11BF3S-. The third-order valence-corrected chi connectivity index (χ3v) is 2.37. The Labute approximate surface area is 69.3 Å². The van der Waals surface area contributed by atoms with Crippen molar-refractivity contribution in [3.63, 3.8) is 0 Å². The number of hydrogen-bond acceptors (Lipinski definition) is 1. The quantitative estimate of drug-likeness (QED) is 0.466. The van der Waals surface area contributed by atoms with Crippen molar-refractivity contribution in [1.82, 2.24) is 0 Å². The van der Waals surface area contributed by atoms with E-state index in [4.69, 9.17) is 0 Å². The predicted molar refractivity (Wildman–Crippen MR) is 45.8 cm³/mol. The standard InChI is InChI=1S/C6H11BF3S/c1-3-4-11-5-6(2)7(8,9)10/h2-5H2,1H3/q-1. The molecule has 11 heavy (non-hydrogen) atoms. The van der Waals surface area contributed by atoms with Gasteiger partial charge in [0.1, 0.15) is 0 Å². The zero-order valence-electron chi connectivity index (χ0n) is 6.45. The van der Waals surface area contributed by atoms with Crippen LogP contribution in [0.5, 0.6) is 0 Å². The molecule has 0 rings (SSSR count). The Morgan fingerprint density at radius 2 is 2.00 bits per heavy atom. The first-order valence-electron chi connectivity index (χ1n) is 3.43. The summed E-state index contributed by atoms with van der Waals surface area (Å²) in [5.74, 6) is 0.794. The van der Waals surface area contributed by atoms with Crippen molar-refractivity contribution in [1.29, 1.82) is 0 Å². The molecule has 0 bridgehead atoms. The predicted octanol–water partition coefficient (Wildman–Crippen LogP) is 3.07. The summed E-state index contributed by atoms with van der Waals surface area (Å²) in [6.07, 6.45) is 0.906. The number of hydrogen-bond donors (Lipinski definition) is 0. The second-order valence-electron chi connectivity index (χ2n) is 2.29. The average Bonchev–Trinajstić information content (AvgIpc) is 1.86. The van der Waals surface area contributed by atoms with E-state index in [1.807, 2.05) is 6.92 Å². The molecule has 0 aliphatic carbocycles. The summed E-state index contributed by atoms with van der Waals surface area (Å²) in [7, 11) is 0. The Hall–Kier alpha value is -0.0551. The van der Waals surface area contributed by atoms with Gasteiger partial charge in [-0.25, -0.2) is 0 Å². The van der Waals surface area contributed by atoms with Crippen molar-refractivity contribution < 1.29 is 12.9 Å². The maximum absolute atomic E-state index is 11.8. The van der Waals surface area contributed by atoms with Gasteiger partial charge in [-0.3, -0.25) is 0 Å². The van der Waals surface area contributed by atoms with Crippen LogP contribution in [0, 0.1) is 0 Å². The van der Waals surface area contributed by atoms with Gasteiger partial charge in [-0.15, -0.1) is 12.1 Å². The lowest BCUT2D eigenvalue weighted by atomic mass is 9.82. The molecule has 0 unspecified atom stereocenters. The summed E-state index contributed by atoms with van der Waals surface area (Å²) >= 11 is 1.28. The molecular weight excluding hydrogens is 172 g/mol. The zero-order valence-corrected chi connectivity index (χ0v) is 7.26. The topological polar surface area (TPSA) is 0 Å². The largest absolute Gasteiger partial charge is 0.505 e. The zero-order chi connectivity index (χ0) is 8.91. The SMILES string of the molecule is C=C(CSCCC)[B-](F)(F)F. The third-order valence-electron chi connectivity index (χ3n) is 1.10. The van der Waals surface area contributed by atoms with E-state index in [1.165, 1.54) is 11.8 Å². The molecule has 0 aromatic carbocycles. The molecule has 0 heterocycles. The van der Waals surface area contributed by atoms with Crippen LogP contribution in [0.25, 0.3) is 0 Å². The average molecular weight is 183 g/mol. The van der Waals surface area contributed by atoms with E-state index >= 15 is 0 Å². The second kappa shape index (κ2) is 4.75. The van der Waals surface area contributed by atoms with Crippen LogP contribution in [0.3, 0.4) is 0 Å². The van der Waals surface area contributed by atoms with E-state index < -0.39 is 12.4 Å². The first kappa shape index (κ1) is 10.9. The monoisotopic (exact) mass is 183 g/mol. The molecule has 0 N–H and O–H groups in total. The molecule has 0 atom stereocenters. The Kier molecular flexibility index (Phi) is 4.72. The third kappa shape index (κ3) is 5.24. The summed E-state index contributed by atoms with van der Waals surface area (Å²) in [6, 6.07) is 0. The van der Waals surface area contributed by atoms with Crippen LogP contribution in [-0.2, 0) is 0 Å². The Balaban J connectivity index is 3.54. The molecule has 0 aromatic heterocycles.